The number of rotatable bonds is 5. The average molecular weight is 369 g/mol. The molecule has 3 aromatic rings. The summed E-state index contributed by atoms with van der Waals surface area (Å²) in [5.41, 5.74) is 0.749. The Bertz CT molecular complexity index is 930. The van der Waals surface area contributed by atoms with E-state index in [1.54, 1.807) is 6.07 Å². The number of hydrogen-bond donors (Lipinski definition) is 1. The summed E-state index contributed by atoms with van der Waals surface area (Å²) in [6, 6.07) is 6.36. The van der Waals surface area contributed by atoms with Gasteiger partial charge in [-0.25, -0.2) is 13.8 Å². The monoisotopic (exact) mass is 369 g/mol. The molecule has 2 heterocycles. The fraction of sp³-hybridized carbons (Fsp3) is 0.176. The molecule has 0 aliphatic heterocycles. The number of alkyl halides is 3. The molecule has 136 valence electrons. The molecule has 2 aromatic heterocycles. The molecular formula is C17H12F5N3O. The molecule has 0 radical (unpaired) electrons. The van der Waals surface area contributed by atoms with Crippen LogP contribution < -0.4 is 10.1 Å². The fourth-order valence-corrected chi connectivity index (χ4v) is 2.33. The van der Waals surface area contributed by atoms with E-state index in [0.717, 1.165) is 12.1 Å². The molecule has 0 saturated carbocycles. The molecular weight excluding hydrogens is 357 g/mol. The summed E-state index contributed by atoms with van der Waals surface area (Å²) in [4.78, 5) is 7.53. The van der Waals surface area contributed by atoms with Gasteiger partial charge in [0.25, 0.3) is 0 Å². The SMILES string of the molecule is Fc1ccc(F)c2c(NCc3ccnc(OCC(F)(F)F)c3)ccnc12. The van der Waals surface area contributed by atoms with E-state index >= 15 is 0 Å². The van der Waals surface area contributed by atoms with Gasteiger partial charge in [0, 0.05) is 30.7 Å². The quantitative estimate of drug-likeness (QED) is 0.675. The molecule has 0 aliphatic carbocycles. The molecule has 1 N–H and O–H groups in total. The van der Waals surface area contributed by atoms with Crippen LogP contribution in [0.15, 0.2) is 42.7 Å². The number of anilines is 1. The van der Waals surface area contributed by atoms with Gasteiger partial charge in [0.05, 0.1) is 5.39 Å². The first-order valence-corrected chi connectivity index (χ1v) is 7.44. The second-order valence-electron chi connectivity index (χ2n) is 5.37. The van der Waals surface area contributed by atoms with Crippen molar-refractivity contribution in [2.45, 2.75) is 12.7 Å². The number of halogens is 5. The van der Waals surface area contributed by atoms with Crippen LogP contribution in [0.5, 0.6) is 5.88 Å². The van der Waals surface area contributed by atoms with Crippen molar-refractivity contribution in [1.82, 2.24) is 9.97 Å². The van der Waals surface area contributed by atoms with Crippen LogP contribution >= 0.6 is 0 Å². The Labute approximate surface area is 144 Å². The third kappa shape index (κ3) is 4.16. The number of ether oxygens (including phenoxy) is 1. The summed E-state index contributed by atoms with van der Waals surface area (Å²) in [5.74, 6) is -1.48. The minimum Gasteiger partial charge on any atom is -0.468 e. The molecule has 26 heavy (non-hydrogen) atoms. The van der Waals surface area contributed by atoms with Crippen LogP contribution in [-0.4, -0.2) is 22.8 Å². The number of nitrogens with zero attached hydrogens (tertiary/aromatic N) is 2. The van der Waals surface area contributed by atoms with E-state index in [9.17, 15) is 22.0 Å². The minimum atomic E-state index is -4.46. The molecule has 0 bridgehead atoms. The zero-order chi connectivity index (χ0) is 18.7. The Morgan fingerprint density at radius 2 is 1.69 bits per heavy atom. The third-order valence-corrected chi connectivity index (χ3v) is 3.46. The van der Waals surface area contributed by atoms with E-state index in [1.807, 2.05) is 0 Å². The predicted octanol–water partition coefficient (Wildman–Crippen LogP) is 4.46. The Balaban J connectivity index is 1.78. The van der Waals surface area contributed by atoms with E-state index in [4.69, 9.17) is 0 Å². The standard InChI is InChI=1S/C17H12F5N3O/c18-11-1-2-12(19)16-15(11)13(4-6-24-16)25-8-10-3-5-23-14(7-10)26-9-17(20,21)22/h1-7H,8-9H2,(H,24,25). The summed E-state index contributed by atoms with van der Waals surface area (Å²) < 4.78 is 69.0. The second kappa shape index (κ2) is 7.11. The lowest BCUT2D eigenvalue weighted by atomic mass is 10.1. The topological polar surface area (TPSA) is 47.0 Å². The number of hydrogen-bond acceptors (Lipinski definition) is 4. The molecule has 3 rings (SSSR count). The van der Waals surface area contributed by atoms with E-state index in [2.05, 4.69) is 20.0 Å². The van der Waals surface area contributed by atoms with Gasteiger partial charge in [-0.05, 0) is 29.8 Å². The van der Waals surface area contributed by atoms with Crippen molar-refractivity contribution in [2.75, 3.05) is 11.9 Å². The van der Waals surface area contributed by atoms with Gasteiger partial charge in [-0.15, -0.1) is 0 Å². The minimum absolute atomic E-state index is 0.00454. The lowest BCUT2D eigenvalue weighted by Crippen LogP contribution is -2.19. The highest BCUT2D eigenvalue weighted by Gasteiger charge is 2.28. The zero-order valence-corrected chi connectivity index (χ0v) is 13.1. The largest absolute Gasteiger partial charge is 0.468 e. The summed E-state index contributed by atoms with van der Waals surface area (Å²) in [7, 11) is 0. The highest BCUT2D eigenvalue weighted by Crippen LogP contribution is 2.27. The van der Waals surface area contributed by atoms with Crippen molar-refractivity contribution in [2.24, 2.45) is 0 Å². The van der Waals surface area contributed by atoms with Crippen molar-refractivity contribution in [3.8, 4) is 5.88 Å². The van der Waals surface area contributed by atoms with Gasteiger partial charge in [-0.3, -0.25) is 4.98 Å². The van der Waals surface area contributed by atoms with Crippen LogP contribution in [0, 0.1) is 11.6 Å². The molecule has 0 atom stereocenters. The molecule has 9 heteroatoms. The first-order chi connectivity index (χ1) is 12.3. The lowest BCUT2D eigenvalue weighted by Gasteiger charge is -2.12. The number of fused-ring (bicyclic) bond motifs is 1. The van der Waals surface area contributed by atoms with Crippen LogP contribution in [0.4, 0.5) is 27.6 Å². The average Bonchev–Trinajstić information content (AvgIpc) is 2.61. The molecule has 0 spiro atoms. The Kier molecular flexibility index (Phi) is 4.88. The van der Waals surface area contributed by atoms with E-state index in [-0.39, 0.29) is 23.3 Å². The summed E-state index contributed by atoms with van der Waals surface area (Å²) in [6.07, 6.45) is -1.83. The molecule has 0 amide bonds. The highest BCUT2D eigenvalue weighted by molar-refractivity contribution is 5.91. The lowest BCUT2D eigenvalue weighted by molar-refractivity contribution is -0.154. The smallest absolute Gasteiger partial charge is 0.422 e. The van der Waals surface area contributed by atoms with E-state index in [1.165, 1.54) is 24.5 Å². The van der Waals surface area contributed by atoms with Gasteiger partial charge in [0.1, 0.15) is 17.2 Å². The van der Waals surface area contributed by atoms with Crippen LogP contribution in [0.25, 0.3) is 10.9 Å². The van der Waals surface area contributed by atoms with Crippen LogP contribution in [0.2, 0.25) is 0 Å². The maximum absolute atomic E-state index is 14.0. The first kappa shape index (κ1) is 17.8. The third-order valence-electron chi connectivity index (χ3n) is 3.46. The molecule has 0 aliphatic rings. The molecule has 4 nitrogen and oxygen atoms in total. The number of nitrogens with one attached hydrogen (secondary N) is 1. The van der Waals surface area contributed by atoms with Crippen LogP contribution in [0.3, 0.4) is 0 Å². The number of benzene rings is 1. The maximum Gasteiger partial charge on any atom is 0.422 e. The summed E-state index contributed by atoms with van der Waals surface area (Å²) in [5, 5.41) is 2.91. The van der Waals surface area contributed by atoms with Gasteiger partial charge in [0.15, 0.2) is 6.61 Å². The van der Waals surface area contributed by atoms with Crippen LogP contribution in [0.1, 0.15) is 5.56 Å². The van der Waals surface area contributed by atoms with Gasteiger partial charge in [-0.2, -0.15) is 13.2 Å². The molecule has 0 unspecified atom stereocenters. The van der Waals surface area contributed by atoms with Crippen LogP contribution in [-0.2, 0) is 6.54 Å². The summed E-state index contributed by atoms with van der Waals surface area (Å²) >= 11 is 0. The predicted molar refractivity (Wildman–Crippen MR) is 84.8 cm³/mol. The zero-order valence-electron chi connectivity index (χ0n) is 13.1. The maximum atomic E-state index is 14.0. The van der Waals surface area contributed by atoms with Gasteiger partial charge < -0.3 is 10.1 Å². The number of pyridine rings is 2. The normalized spacial score (nSPS) is 11.6. The van der Waals surface area contributed by atoms with Crippen molar-refractivity contribution < 1.29 is 26.7 Å². The van der Waals surface area contributed by atoms with Crippen molar-refractivity contribution in [3.05, 3.63) is 59.9 Å². The van der Waals surface area contributed by atoms with Gasteiger partial charge in [0.2, 0.25) is 5.88 Å². The van der Waals surface area contributed by atoms with Crippen molar-refractivity contribution in [3.63, 3.8) is 0 Å². The van der Waals surface area contributed by atoms with Gasteiger partial charge >= 0.3 is 6.18 Å². The number of aromatic nitrogens is 2. The molecule has 0 fully saturated rings. The second-order valence-corrected chi connectivity index (χ2v) is 5.37. The van der Waals surface area contributed by atoms with E-state index in [0.29, 0.717) is 11.3 Å². The Morgan fingerprint density at radius 3 is 2.46 bits per heavy atom. The fourth-order valence-electron chi connectivity index (χ4n) is 2.33. The Morgan fingerprint density at radius 1 is 0.962 bits per heavy atom. The van der Waals surface area contributed by atoms with Gasteiger partial charge in [-0.1, -0.05) is 0 Å². The summed E-state index contributed by atoms with van der Waals surface area (Å²) in [6.45, 7) is -1.31. The molecule has 0 saturated heterocycles. The van der Waals surface area contributed by atoms with Crippen molar-refractivity contribution in [1.29, 1.82) is 0 Å². The van der Waals surface area contributed by atoms with E-state index < -0.39 is 24.4 Å². The first-order valence-electron chi connectivity index (χ1n) is 7.44. The molecule has 1 aromatic carbocycles. The highest BCUT2D eigenvalue weighted by atomic mass is 19.4. The van der Waals surface area contributed by atoms with Crippen molar-refractivity contribution >= 4 is 16.6 Å². The Hall–Kier alpha value is -2.97.